The zero-order chi connectivity index (χ0) is 13.5. The second-order valence-electron chi connectivity index (χ2n) is 5.79. The number of hydrogen-bond acceptors (Lipinski definition) is 5. The predicted octanol–water partition coefficient (Wildman–Crippen LogP) is 4.78. The fourth-order valence-electron chi connectivity index (χ4n) is 2.99. The molecule has 0 atom stereocenters. The molecule has 6 heteroatoms. The second kappa shape index (κ2) is 5.07. The summed E-state index contributed by atoms with van der Waals surface area (Å²) in [4.78, 5) is 6.39. The van der Waals surface area contributed by atoms with Gasteiger partial charge in [0.25, 0.3) is 10.7 Å². The Hall–Kier alpha value is -1.01. The first-order valence-corrected chi connectivity index (χ1v) is 8.60. The van der Waals surface area contributed by atoms with Crippen LogP contribution in [0, 0.1) is 4.84 Å². The van der Waals surface area contributed by atoms with Crippen molar-refractivity contribution in [3.63, 3.8) is 0 Å². The van der Waals surface area contributed by atoms with Gasteiger partial charge in [0.15, 0.2) is 0 Å². The minimum absolute atomic E-state index is 0.342. The van der Waals surface area contributed by atoms with Crippen molar-refractivity contribution in [3.05, 3.63) is 15.5 Å². The van der Waals surface area contributed by atoms with Gasteiger partial charge in [0.05, 0.1) is 10.7 Å². The molecular weight excluding hydrogens is 290 g/mol. The Bertz CT molecular complexity index is 662. The molecule has 0 amide bonds. The van der Waals surface area contributed by atoms with E-state index in [4.69, 9.17) is 21.6 Å². The number of nitrogens with one attached hydrogen (secondary N) is 1. The first-order chi connectivity index (χ1) is 9.81. The van der Waals surface area contributed by atoms with E-state index in [0.717, 1.165) is 4.88 Å². The van der Waals surface area contributed by atoms with E-state index in [1.807, 2.05) is 0 Å². The van der Waals surface area contributed by atoms with Crippen LogP contribution in [0.3, 0.4) is 0 Å². The average Bonchev–Trinajstić information content (AvgIpc) is 3.08. The van der Waals surface area contributed by atoms with Crippen molar-refractivity contribution >= 4 is 23.6 Å². The molecule has 0 bridgehead atoms. The molecule has 2 aliphatic rings. The van der Waals surface area contributed by atoms with E-state index in [9.17, 15) is 0 Å². The van der Waals surface area contributed by atoms with Gasteiger partial charge in [-0.15, -0.1) is 16.4 Å². The second-order valence-corrected chi connectivity index (χ2v) is 7.20. The molecule has 0 radical (unpaired) electrons. The molecule has 2 aromatic rings. The van der Waals surface area contributed by atoms with Gasteiger partial charge in [0.2, 0.25) is 0 Å². The van der Waals surface area contributed by atoms with Gasteiger partial charge in [-0.1, -0.05) is 19.3 Å². The van der Waals surface area contributed by atoms with Gasteiger partial charge >= 0.3 is 0 Å². The Morgan fingerprint density at radius 3 is 2.55 bits per heavy atom. The number of H-pyrrole nitrogens is 1. The van der Waals surface area contributed by atoms with Crippen LogP contribution in [-0.2, 0) is 0 Å². The Kier molecular flexibility index (Phi) is 3.22. The van der Waals surface area contributed by atoms with Crippen molar-refractivity contribution in [2.75, 3.05) is 0 Å². The standard InChI is InChI=1S/C14H17N3OS2/c19-14-17-16-12(18-14)11-10(8-6-7-8)15-13(20-11)9-4-2-1-3-5-9/h8-9H,1-7H2,(H,17,19). The highest BCUT2D eigenvalue weighted by atomic mass is 32.1. The monoisotopic (exact) mass is 307 g/mol. The molecule has 0 saturated heterocycles. The predicted molar refractivity (Wildman–Crippen MR) is 80.6 cm³/mol. The van der Waals surface area contributed by atoms with E-state index >= 15 is 0 Å². The van der Waals surface area contributed by atoms with Crippen molar-refractivity contribution < 1.29 is 4.42 Å². The van der Waals surface area contributed by atoms with Crippen molar-refractivity contribution in [1.29, 1.82) is 0 Å². The smallest absolute Gasteiger partial charge is 0.284 e. The van der Waals surface area contributed by atoms with Crippen LogP contribution in [-0.4, -0.2) is 15.2 Å². The summed E-state index contributed by atoms with van der Waals surface area (Å²) < 4.78 is 5.51. The van der Waals surface area contributed by atoms with Crippen LogP contribution in [0.15, 0.2) is 4.42 Å². The van der Waals surface area contributed by atoms with Gasteiger partial charge in [0.1, 0.15) is 4.88 Å². The normalized spacial score (nSPS) is 20.4. The molecule has 4 rings (SSSR count). The van der Waals surface area contributed by atoms with Gasteiger partial charge in [-0.05, 0) is 37.9 Å². The Morgan fingerprint density at radius 2 is 1.90 bits per heavy atom. The molecular formula is C14H17N3OS2. The minimum Gasteiger partial charge on any atom is -0.408 e. The lowest BCUT2D eigenvalue weighted by atomic mass is 9.90. The van der Waals surface area contributed by atoms with Crippen LogP contribution in [0.1, 0.15) is 67.5 Å². The highest BCUT2D eigenvalue weighted by Gasteiger charge is 2.33. The summed E-state index contributed by atoms with van der Waals surface area (Å²) >= 11 is 6.76. The molecule has 106 valence electrons. The van der Waals surface area contributed by atoms with Gasteiger partial charge in [-0.2, -0.15) is 0 Å². The maximum Gasteiger partial charge on any atom is 0.284 e. The molecule has 2 aromatic heterocycles. The van der Waals surface area contributed by atoms with Crippen molar-refractivity contribution in [1.82, 2.24) is 15.2 Å². The summed E-state index contributed by atoms with van der Waals surface area (Å²) in [5, 5.41) is 8.19. The quantitative estimate of drug-likeness (QED) is 0.829. The highest BCUT2D eigenvalue weighted by Crippen LogP contribution is 2.48. The number of aromatic amines is 1. The zero-order valence-corrected chi connectivity index (χ0v) is 12.9. The Morgan fingerprint density at radius 1 is 1.10 bits per heavy atom. The molecule has 0 unspecified atom stereocenters. The number of thiazole rings is 1. The Balaban J connectivity index is 1.73. The fourth-order valence-corrected chi connectivity index (χ4v) is 4.36. The van der Waals surface area contributed by atoms with Crippen LogP contribution in [0.4, 0.5) is 0 Å². The molecule has 1 N–H and O–H groups in total. The third-order valence-electron chi connectivity index (χ3n) is 4.22. The molecule has 2 saturated carbocycles. The van der Waals surface area contributed by atoms with Crippen LogP contribution >= 0.6 is 23.6 Å². The lowest BCUT2D eigenvalue weighted by Crippen LogP contribution is -2.04. The van der Waals surface area contributed by atoms with Gasteiger partial charge in [-0.3, -0.25) is 0 Å². The first-order valence-electron chi connectivity index (χ1n) is 7.38. The molecule has 2 heterocycles. The van der Waals surface area contributed by atoms with Gasteiger partial charge in [-0.25, -0.2) is 10.1 Å². The minimum atomic E-state index is 0.342. The maximum absolute atomic E-state index is 5.51. The van der Waals surface area contributed by atoms with Crippen molar-refractivity contribution in [2.45, 2.75) is 56.8 Å². The molecule has 20 heavy (non-hydrogen) atoms. The average molecular weight is 307 g/mol. The highest BCUT2D eigenvalue weighted by molar-refractivity contribution is 7.71. The number of rotatable bonds is 3. The van der Waals surface area contributed by atoms with Crippen molar-refractivity contribution in [3.8, 4) is 10.8 Å². The van der Waals surface area contributed by atoms with Crippen LogP contribution < -0.4 is 0 Å². The maximum atomic E-state index is 5.51. The van der Waals surface area contributed by atoms with Gasteiger partial charge in [0, 0.05) is 11.8 Å². The lowest BCUT2D eigenvalue weighted by molar-refractivity contribution is 0.442. The van der Waals surface area contributed by atoms with E-state index < -0.39 is 0 Å². The van der Waals surface area contributed by atoms with Gasteiger partial charge < -0.3 is 4.42 Å². The van der Waals surface area contributed by atoms with Crippen LogP contribution in [0.25, 0.3) is 10.8 Å². The molecule has 4 nitrogen and oxygen atoms in total. The summed E-state index contributed by atoms with van der Waals surface area (Å²) in [5.41, 5.74) is 1.20. The van der Waals surface area contributed by atoms with Crippen molar-refractivity contribution in [2.24, 2.45) is 0 Å². The number of aromatic nitrogens is 3. The van der Waals surface area contributed by atoms with E-state index in [1.165, 1.54) is 55.6 Å². The summed E-state index contributed by atoms with van der Waals surface area (Å²) in [5.74, 6) is 1.87. The van der Waals surface area contributed by atoms with E-state index in [0.29, 0.717) is 22.6 Å². The third kappa shape index (κ3) is 2.35. The largest absolute Gasteiger partial charge is 0.408 e. The molecule has 0 spiro atoms. The van der Waals surface area contributed by atoms with Crippen LogP contribution in [0.2, 0.25) is 0 Å². The van der Waals surface area contributed by atoms with E-state index in [-0.39, 0.29) is 0 Å². The topological polar surface area (TPSA) is 54.7 Å². The van der Waals surface area contributed by atoms with Crippen LogP contribution in [0.5, 0.6) is 0 Å². The fraction of sp³-hybridized carbons (Fsp3) is 0.643. The molecule has 0 aliphatic heterocycles. The molecule has 2 aliphatic carbocycles. The zero-order valence-electron chi connectivity index (χ0n) is 11.2. The third-order valence-corrected chi connectivity index (χ3v) is 5.62. The van der Waals surface area contributed by atoms with E-state index in [2.05, 4.69) is 10.2 Å². The summed E-state index contributed by atoms with van der Waals surface area (Å²) in [6, 6.07) is 0. The number of nitrogens with zero attached hydrogens (tertiary/aromatic N) is 2. The Labute approximate surface area is 126 Å². The molecule has 2 fully saturated rings. The van der Waals surface area contributed by atoms with E-state index in [1.54, 1.807) is 11.3 Å². The number of hydrogen-bond donors (Lipinski definition) is 1. The molecule has 0 aromatic carbocycles. The SMILES string of the molecule is S=c1[nH]nc(-c2sc(C3CCCCC3)nc2C2CC2)o1. The summed E-state index contributed by atoms with van der Waals surface area (Å²) in [6.45, 7) is 0. The summed E-state index contributed by atoms with van der Waals surface area (Å²) in [7, 11) is 0. The summed E-state index contributed by atoms with van der Waals surface area (Å²) in [6.07, 6.45) is 9.08. The lowest BCUT2D eigenvalue weighted by Gasteiger charge is -2.18. The first kappa shape index (κ1) is 12.7.